The summed E-state index contributed by atoms with van der Waals surface area (Å²) >= 11 is 0. The molecule has 0 fully saturated rings. The van der Waals surface area contributed by atoms with Gasteiger partial charge in [0, 0.05) is 37.6 Å². The van der Waals surface area contributed by atoms with E-state index in [1.165, 1.54) is 0 Å². The van der Waals surface area contributed by atoms with E-state index in [1.807, 2.05) is 54.2 Å². The van der Waals surface area contributed by atoms with Crippen molar-refractivity contribution in [3.05, 3.63) is 34.9 Å². The summed E-state index contributed by atoms with van der Waals surface area (Å²) in [6, 6.07) is 0. The molecule has 2 heterocycles. The number of rotatable bonds is 3. The summed E-state index contributed by atoms with van der Waals surface area (Å²) in [5.41, 5.74) is 5.67. The van der Waals surface area contributed by atoms with E-state index >= 15 is 0 Å². The van der Waals surface area contributed by atoms with Crippen LogP contribution in [0.25, 0.3) is 0 Å². The fourth-order valence-electron chi connectivity index (χ4n) is 2.17. The van der Waals surface area contributed by atoms with Crippen molar-refractivity contribution in [3.8, 4) is 0 Å². The van der Waals surface area contributed by atoms with E-state index in [1.54, 1.807) is 9.36 Å². The Bertz CT molecular complexity index is 626. The molecule has 6 heteroatoms. The van der Waals surface area contributed by atoms with Crippen molar-refractivity contribution in [2.45, 2.75) is 27.7 Å². The van der Waals surface area contributed by atoms with E-state index in [4.69, 9.17) is 0 Å². The second-order valence-corrected chi connectivity index (χ2v) is 4.97. The van der Waals surface area contributed by atoms with Gasteiger partial charge in [-0.05, 0) is 27.7 Å². The molecule has 0 saturated heterocycles. The molecule has 0 saturated carbocycles. The van der Waals surface area contributed by atoms with Gasteiger partial charge in [0.15, 0.2) is 0 Å². The molecule has 6 nitrogen and oxygen atoms in total. The van der Waals surface area contributed by atoms with Crippen LogP contribution in [-0.2, 0) is 14.1 Å². The molecule has 0 spiro atoms. The summed E-state index contributed by atoms with van der Waals surface area (Å²) in [7, 11) is 3.80. The van der Waals surface area contributed by atoms with Crippen LogP contribution < -0.4 is 0 Å². The highest BCUT2D eigenvalue weighted by Crippen LogP contribution is 2.09. The van der Waals surface area contributed by atoms with Gasteiger partial charge in [0.25, 0.3) is 0 Å². The van der Waals surface area contributed by atoms with Crippen molar-refractivity contribution in [1.29, 1.82) is 0 Å². The lowest BCUT2D eigenvalue weighted by Crippen LogP contribution is -1.98. The Balaban J connectivity index is 2.29. The second-order valence-electron chi connectivity index (χ2n) is 4.97. The molecule has 0 unspecified atom stereocenters. The van der Waals surface area contributed by atoms with Gasteiger partial charge in [-0.25, -0.2) is 0 Å². The minimum absolute atomic E-state index is 0.858. The zero-order valence-corrected chi connectivity index (χ0v) is 12.8. The lowest BCUT2D eigenvalue weighted by Gasteiger charge is -1.97. The van der Waals surface area contributed by atoms with E-state index < -0.39 is 0 Å². The first-order chi connectivity index (χ1) is 9.38. The molecule has 106 valence electrons. The standard InChI is InChI=1S/C14H20N6/c1-9(13-7-19(5)17-11(13)3)15-16-10(2)14-8-20(6)18-12(14)4/h7-8H,1-6H3/b15-9+,16-10+. The summed E-state index contributed by atoms with van der Waals surface area (Å²) in [5, 5.41) is 17.2. The number of nitrogens with zero attached hydrogens (tertiary/aromatic N) is 6. The third-order valence-corrected chi connectivity index (χ3v) is 3.16. The number of aromatic nitrogens is 4. The lowest BCUT2D eigenvalue weighted by molar-refractivity contribution is 0.756. The van der Waals surface area contributed by atoms with Gasteiger partial charge in [-0.2, -0.15) is 20.4 Å². The number of hydrogen-bond acceptors (Lipinski definition) is 4. The van der Waals surface area contributed by atoms with E-state index in [0.717, 1.165) is 33.9 Å². The minimum Gasteiger partial charge on any atom is -0.275 e. The Labute approximate surface area is 118 Å². The molecule has 20 heavy (non-hydrogen) atoms. The number of aryl methyl sites for hydroxylation is 4. The van der Waals surface area contributed by atoms with Crippen LogP contribution in [0.3, 0.4) is 0 Å². The first-order valence-electron chi connectivity index (χ1n) is 6.48. The molecular weight excluding hydrogens is 252 g/mol. The Hall–Kier alpha value is -2.24. The smallest absolute Gasteiger partial charge is 0.0706 e. The van der Waals surface area contributed by atoms with E-state index in [2.05, 4.69) is 20.4 Å². The van der Waals surface area contributed by atoms with Crippen LogP contribution in [0.15, 0.2) is 22.6 Å². The molecular formula is C14H20N6. The first-order valence-corrected chi connectivity index (χ1v) is 6.48. The average Bonchev–Trinajstić information content (AvgIpc) is 2.88. The summed E-state index contributed by atoms with van der Waals surface area (Å²) in [5.74, 6) is 0. The predicted molar refractivity (Wildman–Crippen MR) is 80.3 cm³/mol. The maximum absolute atomic E-state index is 4.31. The monoisotopic (exact) mass is 272 g/mol. The Morgan fingerprint density at radius 3 is 1.45 bits per heavy atom. The second kappa shape index (κ2) is 5.40. The van der Waals surface area contributed by atoms with Crippen LogP contribution in [-0.4, -0.2) is 31.0 Å². The van der Waals surface area contributed by atoms with Gasteiger partial charge in [-0.3, -0.25) is 9.36 Å². The maximum atomic E-state index is 4.31. The molecule has 2 rings (SSSR count). The molecule has 0 bridgehead atoms. The van der Waals surface area contributed by atoms with Crippen LogP contribution >= 0.6 is 0 Å². The highest BCUT2D eigenvalue weighted by molar-refractivity contribution is 6.02. The maximum Gasteiger partial charge on any atom is 0.0706 e. The van der Waals surface area contributed by atoms with Crippen molar-refractivity contribution >= 4 is 11.4 Å². The molecule has 0 N–H and O–H groups in total. The zero-order chi connectivity index (χ0) is 14.9. The largest absolute Gasteiger partial charge is 0.275 e. The van der Waals surface area contributed by atoms with Gasteiger partial charge in [0.05, 0.1) is 22.8 Å². The van der Waals surface area contributed by atoms with Crippen molar-refractivity contribution in [2.24, 2.45) is 24.3 Å². The van der Waals surface area contributed by atoms with Crippen LogP contribution in [0.4, 0.5) is 0 Å². The van der Waals surface area contributed by atoms with Gasteiger partial charge in [0.1, 0.15) is 0 Å². The van der Waals surface area contributed by atoms with E-state index in [9.17, 15) is 0 Å². The van der Waals surface area contributed by atoms with Crippen LogP contribution in [0, 0.1) is 13.8 Å². The topological polar surface area (TPSA) is 60.4 Å². The highest BCUT2D eigenvalue weighted by atomic mass is 15.3. The Morgan fingerprint density at radius 1 is 0.850 bits per heavy atom. The van der Waals surface area contributed by atoms with Gasteiger partial charge in [0.2, 0.25) is 0 Å². The van der Waals surface area contributed by atoms with Crippen LogP contribution in [0.5, 0.6) is 0 Å². The summed E-state index contributed by atoms with van der Waals surface area (Å²) in [4.78, 5) is 0. The van der Waals surface area contributed by atoms with Crippen molar-refractivity contribution in [3.63, 3.8) is 0 Å². The van der Waals surface area contributed by atoms with Gasteiger partial charge < -0.3 is 0 Å². The first kappa shape index (κ1) is 14.2. The summed E-state index contributed by atoms with van der Waals surface area (Å²) < 4.78 is 3.57. The normalized spacial score (nSPS) is 13.1. The molecule has 0 aliphatic rings. The SMILES string of the molecule is C/C(=N\N=C(/C)c1cn(C)nc1C)c1cn(C)nc1C. The van der Waals surface area contributed by atoms with Gasteiger partial charge >= 0.3 is 0 Å². The molecule has 0 atom stereocenters. The van der Waals surface area contributed by atoms with Crippen LogP contribution in [0.2, 0.25) is 0 Å². The molecule has 0 aliphatic heterocycles. The molecule has 0 aliphatic carbocycles. The lowest BCUT2D eigenvalue weighted by atomic mass is 10.2. The fraction of sp³-hybridized carbons (Fsp3) is 0.429. The fourth-order valence-corrected chi connectivity index (χ4v) is 2.17. The van der Waals surface area contributed by atoms with Crippen molar-refractivity contribution in [2.75, 3.05) is 0 Å². The average molecular weight is 272 g/mol. The molecule has 0 aromatic carbocycles. The Morgan fingerprint density at radius 2 is 1.20 bits per heavy atom. The molecule has 0 radical (unpaired) electrons. The summed E-state index contributed by atoms with van der Waals surface area (Å²) in [6.07, 6.45) is 3.91. The minimum atomic E-state index is 0.858. The molecule has 2 aromatic heterocycles. The van der Waals surface area contributed by atoms with E-state index in [-0.39, 0.29) is 0 Å². The molecule has 2 aromatic rings. The van der Waals surface area contributed by atoms with Crippen LogP contribution in [0.1, 0.15) is 36.4 Å². The van der Waals surface area contributed by atoms with Gasteiger partial charge in [-0.15, -0.1) is 0 Å². The molecule has 0 amide bonds. The van der Waals surface area contributed by atoms with E-state index in [0.29, 0.717) is 0 Å². The number of hydrogen-bond donors (Lipinski definition) is 0. The van der Waals surface area contributed by atoms with Gasteiger partial charge in [-0.1, -0.05) is 0 Å². The third-order valence-electron chi connectivity index (χ3n) is 3.16. The zero-order valence-electron chi connectivity index (χ0n) is 12.8. The third kappa shape index (κ3) is 2.84. The quantitative estimate of drug-likeness (QED) is 0.634. The highest BCUT2D eigenvalue weighted by Gasteiger charge is 2.08. The Kier molecular flexibility index (Phi) is 3.83. The predicted octanol–water partition coefficient (Wildman–Crippen LogP) is 2.00. The van der Waals surface area contributed by atoms with Crippen molar-refractivity contribution in [1.82, 2.24) is 19.6 Å². The summed E-state index contributed by atoms with van der Waals surface area (Å²) in [6.45, 7) is 7.82. The van der Waals surface area contributed by atoms with Crippen molar-refractivity contribution < 1.29 is 0 Å².